The van der Waals surface area contributed by atoms with Crippen LogP contribution in [0.5, 0.6) is 5.75 Å². The fourth-order valence-corrected chi connectivity index (χ4v) is 1.97. The summed E-state index contributed by atoms with van der Waals surface area (Å²) in [5, 5.41) is 2.67. The molecular weight excluding hydrogens is 299 g/mol. The number of nitrogens with two attached hydrogens (primary N) is 1. The lowest BCUT2D eigenvalue weighted by atomic mass is 10.2. The van der Waals surface area contributed by atoms with Gasteiger partial charge in [-0.2, -0.15) is 0 Å². The Labute approximate surface area is 133 Å². The minimum absolute atomic E-state index is 0.301. The number of anilines is 1. The maximum atomic E-state index is 12.9. The minimum Gasteiger partial charge on any atom is -0.481 e. The molecule has 0 aliphatic rings. The summed E-state index contributed by atoms with van der Waals surface area (Å²) in [6.07, 6.45) is -0.309. The van der Waals surface area contributed by atoms with E-state index >= 15 is 0 Å². The molecule has 1 unspecified atom stereocenters. The van der Waals surface area contributed by atoms with Gasteiger partial charge >= 0.3 is 0 Å². The number of carbonyl (C=O) groups is 2. The van der Waals surface area contributed by atoms with Gasteiger partial charge in [0.15, 0.2) is 6.10 Å². The second-order valence-electron chi connectivity index (χ2n) is 4.90. The van der Waals surface area contributed by atoms with Crippen LogP contribution in [0.1, 0.15) is 23.7 Å². The van der Waals surface area contributed by atoms with Gasteiger partial charge in [0.1, 0.15) is 11.6 Å². The van der Waals surface area contributed by atoms with Gasteiger partial charge in [-0.15, -0.1) is 0 Å². The van der Waals surface area contributed by atoms with Gasteiger partial charge in [-0.3, -0.25) is 9.59 Å². The molecule has 3 N–H and O–H groups in total. The zero-order chi connectivity index (χ0) is 16.8. The first kappa shape index (κ1) is 16.5. The van der Waals surface area contributed by atoms with Gasteiger partial charge in [0.05, 0.1) is 0 Å². The van der Waals surface area contributed by atoms with E-state index < -0.39 is 12.0 Å². The number of hydrogen-bond acceptors (Lipinski definition) is 3. The molecule has 2 aromatic rings. The first-order valence-electron chi connectivity index (χ1n) is 7.12. The van der Waals surface area contributed by atoms with E-state index in [-0.39, 0.29) is 11.7 Å². The Morgan fingerprint density at radius 1 is 1.22 bits per heavy atom. The summed E-state index contributed by atoms with van der Waals surface area (Å²) in [6, 6.07) is 11.8. The average molecular weight is 316 g/mol. The van der Waals surface area contributed by atoms with Crippen molar-refractivity contribution in [2.75, 3.05) is 5.32 Å². The molecule has 2 aromatic carbocycles. The van der Waals surface area contributed by atoms with Crippen molar-refractivity contribution in [3.8, 4) is 5.75 Å². The van der Waals surface area contributed by atoms with Gasteiger partial charge in [-0.05, 0) is 48.9 Å². The SMILES string of the molecule is CCC(Oc1ccc(F)cc1)C(=O)Nc1cccc(C(N)=O)c1. The Morgan fingerprint density at radius 2 is 1.91 bits per heavy atom. The molecule has 0 saturated carbocycles. The van der Waals surface area contributed by atoms with Crippen molar-refractivity contribution in [1.29, 1.82) is 0 Å². The van der Waals surface area contributed by atoms with Crippen LogP contribution in [0.2, 0.25) is 0 Å². The molecule has 0 aliphatic heterocycles. The van der Waals surface area contributed by atoms with E-state index in [0.29, 0.717) is 23.4 Å². The molecular formula is C17H17FN2O3. The first-order valence-corrected chi connectivity index (χ1v) is 7.12. The highest BCUT2D eigenvalue weighted by molar-refractivity contribution is 5.97. The van der Waals surface area contributed by atoms with E-state index in [4.69, 9.17) is 10.5 Å². The van der Waals surface area contributed by atoms with E-state index in [9.17, 15) is 14.0 Å². The molecule has 120 valence electrons. The summed E-state index contributed by atoms with van der Waals surface area (Å²) in [4.78, 5) is 23.4. The zero-order valence-electron chi connectivity index (χ0n) is 12.6. The quantitative estimate of drug-likeness (QED) is 0.859. The van der Waals surface area contributed by atoms with Crippen molar-refractivity contribution < 1.29 is 18.7 Å². The largest absolute Gasteiger partial charge is 0.481 e. The highest BCUT2D eigenvalue weighted by Gasteiger charge is 2.19. The number of carbonyl (C=O) groups excluding carboxylic acids is 2. The summed E-state index contributed by atoms with van der Waals surface area (Å²) < 4.78 is 18.4. The fraction of sp³-hybridized carbons (Fsp3) is 0.176. The van der Waals surface area contributed by atoms with Crippen LogP contribution < -0.4 is 15.8 Å². The van der Waals surface area contributed by atoms with Gasteiger partial charge in [0.2, 0.25) is 5.91 Å². The van der Waals surface area contributed by atoms with Crippen LogP contribution in [-0.2, 0) is 4.79 Å². The lowest BCUT2D eigenvalue weighted by Crippen LogP contribution is -2.32. The number of benzene rings is 2. The monoisotopic (exact) mass is 316 g/mol. The number of rotatable bonds is 6. The predicted molar refractivity (Wildman–Crippen MR) is 84.7 cm³/mol. The molecule has 6 heteroatoms. The Balaban J connectivity index is 2.06. The van der Waals surface area contributed by atoms with Gasteiger partial charge < -0.3 is 15.8 Å². The van der Waals surface area contributed by atoms with Gasteiger partial charge in [0, 0.05) is 11.3 Å². The highest BCUT2D eigenvalue weighted by Crippen LogP contribution is 2.16. The average Bonchev–Trinajstić information content (AvgIpc) is 2.54. The lowest BCUT2D eigenvalue weighted by molar-refractivity contribution is -0.122. The standard InChI is InChI=1S/C17H17FN2O3/c1-2-15(23-14-8-6-12(18)7-9-14)17(22)20-13-5-3-4-11(10-13)16(19)21/h3-10,15H,2H2,1H3,(H2,19,21)(H,20,22). The van der Waals surface area contributed by atoms with Gasteiger partial charge in [-0.1, -0.05) is 13.0 Å². The summed E-state index contributed by atoms with van der Waals surface area (Å²) in [7, 11) is 0. The Morgan fingerprint density at radius 3 is 2.52 bits per heavy atom. The first-order chi connectivity index (χ1) is 11.0. The molecule has 0 bridgehead atoms. The third kappa shape index (κ3) is 4.54. The normalized spacial score (nSPS) is 11.6. The fourth-order valence-electron chi connectivity index (χ4n) is 1.97. The van der Waals surface area contributed by atoms with Crippen LogP contribution >= 0.6 is 0 Å². The maximum absolute atomic E-state index is 12.9. The number of ether oxygens (including phenoxy) is 1. The molecule has 0 radical (unpaired) electrons. The summed E-state index contributed by atoms with van der Waals surface area (Å²) >= 11 is 0. The zero-order valence-corrected chi connectivity index (χ0v) is 12.6. The Bertz CT molecular complexity index is 701. The molecule has 5 nitrogen and oxygen atoms in total. The smallest absolute Gasteiger partial charge is 0.265 e. The third-order valence-electron chi connectivity index (χ3n) is 3.17. The van der Waals surface area contributed by atoms with E-state index in [1.165, 1.54) is 30.3 Å². The second kappa shape index (κ2) is 7.40. The number of nitrogens with one attached hydrogen (secondary N) is 1. The van der Waals surface area contributed by atoms with Crippen LogP contribution in [0.15, 0.2) is 48.5 Å². The van der Waals surface area contributed by atoms with Crippen LogP contribution in [-0.4, -0.2) is 17.9 Å². The Kier molecular flexibility index (Phi) is 5.30. The summed E-state index contributed by atoms with van der Waals surface area (Å²) in [5.74, 6) is -0.911. The van der Waals surface area contributed by atoms with Crippen molar-refractivity contribution in [2.24, 2.45) is 5.73 Å². The number of hydrogen-bond donors (Lipinski definition) is 2. The van der Waals surface area contributed by atoms with Gasteiger partial charge in [0.25, 0.3) is 5.91 Å². The molecule has 0 heterocycles. The van der Waals surface area contributed by atoms with E-state index in [0.717, 1.165) is 0 Å². The molecule has 0 aliphatic carbocycles. The van der Waals surface area contributed by atoms with Gasteiger partial charge in [-0.25, -0.2) is 4.39 Å². The van der Waals surface area contributed by atoms with Crippen molar-refractivity contribution >= 4 is 17.5 Å². The van der Waals surface area contributed by atoms with Crippen molar-refractivity contribution in [1.82, 2.24) is 0 Å². The van der Waals surface area contributed by atoms with Crippen LogP contribution in [0.25, 0.3) is 0 Å². The minimum atomic E-state index is -0.738. The molecule has 2 rings (SSSR count). The second-order valence-corrected chi connectivity index (χ2v) is 4.90. The molecule has 0 fully saturated rings. The number of halogens is 1. The van der Waals surface area contributed by atoms with E-state index in [2.05, 4.69) is 5.32 Å². The number of primary amides is 1. The van der Waals surface area contributed by atoms with E-state index in [1.54, 1.807) is 25.1 Å². The van der Waals surface area contributed by atoms with Crippen LogP contribution in [0, 0.1) is 5.82 Å². The van der Waals surface area contributed by atoms with Crippen molar-refractivity contribution in [3.05, 3.63) is 59.9 Å². The lowest BCUT2D eigenvalue weighted by Gasteiger charge is -2.17. The summed E-state index contributed by atoms with van der Waals surface area (Å²) in [6.45, 7) is 1.80. The van der Waals surface area contributed by atoms with Crippen molar-refractivity contribution in [3.63, 3.8) is 0 Å². The molecule has 2 amide bonds. The predicted octanol–water partition coefficient (Wildman–Crippen LogP) is 2.72. The Hall–Kier alpha value is -2.89. The van der Waals surface area contributed by atoms with Crippen molar-refractivity contribution in [2.45, 2.75) is 19.4 Å². The molecule has 23 heavy (non-hydrogen) atoms. The van der Waals surface area contributed by atoms with Crippen LogP contribution in [0.4, 0.5) is 10.1 Å². The molecule has 0 aromatic heterocycles. The molecule has 1 atom stereocenters. The number of amides is 2. The van der Waals surface area contributed by atoms with Crippen LogP contribution in [0.3, 0.4) is 0 Å². The third-order valence-corrected chi connectivity index (χ3v) is 3.17. The topological polar surface area (TPSA) is 81.4 Å². The molecule has 0 spiro atoms. The molecule has 0 saturated heterocycles. The summed E-state index contributed by atoms with van der Waals surface area (Å²) in [5.41, 5.74) is 5.96. The van der Waals surface area contributed by atoms with E-state index in [1.807, 2.05) is 0 Å². The highest BCUT2D eigenvalue weighted by atomic mass is 19.1. The maximum Gasteiger partial charge on any atom is 0.265 e.